The number of rotatable bonds is 6. The summed E-state index contributed by atoms with van der Waals surface area (Å²) in [5.74, 6) is 3.45. The Morgan fingerprint density at radius 3 is 2.57 bits per heavy atom. The lowest BCUT2D eigenvalue weighted by atomic mass is 9.46. The van der Waals surface area contributed by atoms with Gasteiger partial charge < -0.3 is 10.2 Å². The third-order valence-electron chi connectivity index (χ3n) is 10.3. The topological polar surface area (TPSA) is 57.5 Å². The van der Waals surface area contributed by atoms with Crippen LogP contribution < -0.4 is 0 Å². The Hall–Kier alpha value is -0.670. The van der Waals surface area contributed by atoms with Crippen LogP contribution in [0, 0.1) is 46.3 Å². The minimum Gasteiger partial charge on any atom is -0.396 e. The predicted molar refractivity (Wildman–Crippen MR) is 121 cm³/mol. The summed E-state index contributed by atoms with van der Waals surface area (Å²) in [6.07, 6.45) is 12.9. The molecule has 9 unspecified atom stereocenters. The molecule has 3 heteroatoms. The average Bonchev–Trinajstić information content (AvgIpc) is 3.06. The van der Waals surface area contributed by atoms with Gasteiger partial charge >= 0.3 is 0 Å². The first-order valence-electron chi connectivity index (χ1n) is 12.7. The summed E-state index contributed by atoms with van der Waals surface area (Å²) < 4.78 is 0. The molecule has 9 atom stereocenters. The molecule has 0 aliphatic heterocycles. The van der Waals surface area contributed by atoms with E-state index in [1.165, 1.54) is 44.1 Å². The zero-order chi connectivity index (χ0) is 21.7. The van der Waals surface area contributed by atoms with Crippen molar-refractivity contribution in [1.29, 1.82) is 0 Å². The number of hydrogen-bond donors (Lipinski definition) is 2. The van der Waals surface area contributed by atoms with Crippen LogP contribution in [-0.4, -0.2) is 28.7 Å². The highest BCUT2D eigenvalue weighted by atomic mass is 16.3. The smallest absolute Gasteiger partial charge is 0.159 e. The highest BCUT2D eigenvalue weighted by molar-refractivity contribution is 5.94. The molecule has 0 amide bonds. The Kier molecular flexibility index (Phi) is 6.27. The molecule has 4 aliphatic rings. The van der Waals surface area contributed by atoms with Crippen molar-refractivity contribution in [3.8, 4) is 0 Å². The molecular formula is C27H44O3. The van der Waals surface area contributed by atoms with E-state index in [0.29, 0.717) is 47.9 Å². The summed E-state index contributed by atoms with van der Waals surface area (Å²) >= 11 is 0. The van der Waals surface area contributed by atoms with E-state index in [1.807, 2.05) is 6.08 Å². The maximum absolute atomic E-state index is 13.4. The number of allylic oxidation sites excluding steroid dienone is 1. The molecule has 3 nitrogen and oxygen atoms in total. The predicted octanol–water partition coefficient (Wildman–Crippen LogP) is 5.54. The summed E-state index contributed by atoms with van der Waals surface area (Å²) in [7, 11) is 0. The summed E-state index contributed by atoms with van der Waals surface area (Å²) in [4.78, 5) is 13.4. The summed E-state index contributed by atoms with van der Waals surface area (Å²) in [5.41, 5.74) is 1.68. The lowest BCUT2D eigenvalue weighted by Crippen LogP contribution is -2.53. The number of aliphatic hydroxyl groups is 2. The van der Waals surface area contributed by atoms with E-state index in [9.17, 15) is 15.0 Å². The number of fused-ring (bicyclic) bond motifs is 5. The Morgan fingerprint density at radius 2 is 1.83 bits per heavy atom. The zero-order valence-corrected chi connectivity index (χ0v) is 19.7. The minimum absolute atomic E-state index is 0.128. The Bertz CT molecular complexity index is 684. The molecule has 4 rings (SSSR count). The molecule has 0 bridgehead atoms. The van der Waals surface area contributed by atoms with E-state index in [4.69, 9.17) is 0 Å². The molecule has 0 aromatic rings. The fourth-order valence-electron chi connectivity index (χ4n) is 8.44. The van der Waals surface area contributed by atoms with Crippen molar-refractivity contribution in [1.82, 2.24) is 0 Å². The quantitative estimate of drug-likeness (QED) is 0.598. The van der Waals surface area contributed by atoms with Gasteiger partial charge in [-0.2, -0.15) is 0 Å². The van der Waals surface area contributed by atoms with Gasteiger partial charge in [0.05, 0.1) is 6.10 Å². The van der Waals surface area contributed by atoms with Crippen molar-refractivity contribution in [3.63, 3.8) is 0 Å². The van der Waals surface area contributed by atoms with Crippen LogP contribution in [-0.2, 0) is 4.79 Å². The molecule has 0 heterocycles. The van der Waals surface area contributed by atoms with Crippen molar-refractivity contribution < 1.29 is 15.0 Å². The SMILES string of the molecule is CC(CO)CCCC(C)C1CCC2C3C(=O)C=C4CC(O)CCC4(C)C3CCC12C. The number of hydrogen-bond acceptors (Lipinski definition) is 3. The van der Waals surface area contributed by atoms with E-state index in [1.54, 1.807) is 0 Å². The molecule has 3 saturated carbocycles. The van der Waals surface area contributed by atoms with Gasteiger partial charge in [-0.3, -0.25) is 4.79 Å². The van der Waals surface area contributed by atoms with E-state index in [2.05, 4.69) is 27.7 Å². The molecule has 2 N–H and O–H groups in total. The standard InChI is InChI=1S/C27H44O3/c1-17(16-28)6-5-7-18(2)21-8-9-22-25-23(11-13-27(21,22)4)26(3)12-10-20(29)14-19(26)15-24(25)30/h15,17-18,20-23,25,28-29H,5-14,16H2,1-4H3. The van der Waals surface area contributed by atoms with Crippen molar-refractivity contribution in [3.05, 3.63) is 11.6 Å². The number of ketones is 1. The van der Waals surface area contributed by atoms with Crippen molar-refractivity contribution in [2.75, 3.05) is 6.61 Å². The van der Waals surface area contributed by atoms with Gasteiger partial charge in [0.25, 0.3) is 0 Å². The lowest BCUT2D eigenvalue weighted by molar-refractivity contribution is -0.135. The minimum atomic E-state index is -0.257. The van der Waals surface area contributed by atoms with Crippen LogP contribution in [0.2, 0.25) is 0 Å². The van der Waals surface area contributed by atoms with Crippen LogP contribution >= 0.6 is 0 Å². The molecule has 0 aromatic carbocycles. The third-order valence-corrected chi connectivity index (χ3v) is 10.3. The van der Waals surface area contributed by atoms with Gasteiger partial charge in [0.1, 0.15) is 0 Å². The van der Waals surface area contributed by atoms with E-state index < -0.39 is 0 Å². The number of carbonyl (C=O) groups is 1. The van der Waals surface area contributed by atoms with Gasteiger partial charge in [-0.15, -0.1) is 0 Å². The molecule has 0 saturated heterocycles. The fraction of sp³-hybridized carbons (Fsp3) is 0.889. The number of carbonyl (C=O) groups excluding carboxylic acids is 1. The lowest BCUT2D eigenvalue weighted by Gasteiger charge is -2.57. The van der Waals surface area contributed by atoms with Gasteiger partial charge in [-0.25, -0.2) is 0 Å². The second-order valence-corrected chi connectivity index (χ2v) is 12.0. The first-order valence-corrected chi connectivity index (χ1v) is 12.7. The zero-order valence-electron chi connectivity index (χ0n) is 19.7. The summed E-state index contributed by atoms with van der Waals surface area (Å²) in [6.45, 7) is 9.79. The third kappa shape index (κ3) is 3.62. The highest BCUT2D eigenvalue weighted by Gasteiger charge is 2.61. The van der Waals surface area contributed by atoms with Crippen LogP contribution in [0.3, 0.4) is 0 Å². The van der Waals surface area contributed by atoms with Crippen molar-refractivity contribution in [2.45, 2.75) is 98.0 Å². The van der Waals surface area contributed by atoms with Gasteiger partial charge in [0.15, 0.2) is 5.78 Å². The fourth-order valence-corrected chi connectivity index (χ4v) is 8.44. The second-order valence-electron chi connectivity index (χ2n) is 12.0. The second kappa shape index (κ2) is 8.35. The maximum atomic E-state index is 13.4. The molecule has 170 valence electrons. The van der Waals surface area contributed by atoms with E-state index >= 15 is 0 Å². The molecule has 4 aliphatic carbocycles. The van der Waals surface area contributed by atoms with Crippen LogP contribution in [0.5, 0.6) is 0 Å². The number of aliphatic hydroxyl groups excluding tert-OH is 2. The van der Waals surface area contributed by atoms with Gasteiger partial charge in [-0.05, 0) is 97.9 Å². The Labute approximate surface area is 183 Å². The largest absolute Gasteiger partial charge is 0.396 e. The summed E-state index contributed by atoms with van der Waals surface area (Å²) in [5, 5.41) is 19.5. The molecule has 3 fully saturated rings. The first-order chi connectivity index (χ1) is 14.2. The van der Waals surface area contributed by atoms with E-state index in [-0.39, 0.29) is 17.4 Å². The molecular weight excluding hydrogens is 372 g/mol. The normalized spacial score (nSPS) is 45.2. The van der Waals surface area contributed by atoms with Crippen LogP contribution in [0.25, 0.3) is 0 Å². The molecule has 0 spiro atoms. The molecule has 0 radical (unpaired) electrons. The van der Waals surface area contributed by atoms with Gasteiger partial charge in [0, 0.05) is 12.5 Å². The molecule has 30 heavy (non-hydrogen) atoms. The Morgan fingerprint density at radius 1 is 1.07 bits per heavy atom. The maximum Gasteiger partial charge on any atom is 0.159 e. The first kappa shape index (κ1) is 22.5. The highest BCUT2D eigenvalue weighted by Crippen LogP contribution is 2.66. The van der Waals surface area contributed by atoms with Crippen molar-refractivity contribution >= 4 is 5.78 Å². The Balaban J connectivity index is 1.51. The average molecular weight is 417 g/mol. The molecule has 0 aromatic heterocycles. The van der Waals surface area contributed by atoms with Crippen LogP contribution in [0.15, 0.2) is 11.6 Å². The van der Waals surface area contributed by atoms with Crippen LogP contribution in [0.1, 0.15) is 91.9 Å². The summed E-state index contributed by atoms with van der Waals surface area (Å²) in [6, 6.07) is 0. The van der Waals surface area contributed by atoms with Crippen molar-refractivity contribution in [2.24, 2.45) is 46.3 Å². The van der Waals surface area contributed by atoms with Crippen LogP contribution in [0.4, 0.5) is 0 Å². The van der Waals surface area contributed by atoms with E-state index in [0.717, 1.165) is 25.2 Å². The monoisotopic (exact) mass is 416 g/mol. The van der Waals surface area contributed by atoms with Gasteiger partial charge in [0.2, 0.25) is 0 Å². The van der Waals surface area contributed by atoms with Gasteiger partial charge in [-0.1, -0.05) is 46.1 Å².